The maximum Gasteiger partial charge on any atom is 0.416 e. The van der Waals surface area contributed by atoms with Crippen LogP contribution in [0, 0.1) is 18.6 Å². The van der Waals surface area contributed by atoms with E-state index in [1.165, 1.54) is 30.3 Å². The number of aromatic nitrogens is 2. The van der Waals surface area contributed by atoms with Crippen molar-refractivity contribution in [3.63, 3.8) is 0 Å². The minimum atomic E-state index is -4.42. The Balaban J connectivity index is 0.000000667. The molecule has 2 unspecified atom stereocenters. The summed E-state index contributed by atoms with van der Waals surface area (Å²) in [7, 11) is 1.66. The quantitative estimate of drug-likeness (QED) is 0.0979. The molecule has 1 aliphatic rings. The van der Waals surface area contributed by atoms with E-state index < -0.39 is 47.5 Å². The normalized spacial score (nSPS) is 14.4. The summed E-state index contributed by atoms with van der Waals surface area (Å²) in [4.78, 5) is 56.2. The number of methoxy groups -OCH3 is 1. The molecule has 0 aliphatic carbocycles. The van der Waals surface area contributed by atoms with Gasteiger partial charge in [-0.25, -0.2) is 23.4 Å². The fourth-order valence-electron chi connectivity index (χ4n) is 7.22. The van der Waals surface area contributed by atoms with Gasteiger partial charge in [0.15, 0.2) is 29.3 Å². The number of aliphatic hydroxyl groups excluding tert-OH is 2. The van der Waals surface area contributed by atoms with Gasteiger partial charge in [0.25, 0.3) is 0 Å². The largest absolute Gasteiger partial charge is 0.479 e. The van der Waals surface area contributed by atoms with Crippen molar-refractivity contribution in [3.8, 4) is 11.1 Å². The van der Waals surface area contributed by atoms with Gasteiger partial charge in [-0.3, -0.25) is 9.59 Å². The van der Waals surface area contributed by atoms with Crippen molar-refractivity contribution in [1.82, 2.24) is 19.4 Å². The van der Waals surface area contributed by atoms with E-state index in [9.17, 15) is 41.1 Å². The summed E-state index contributed by atoms with van der Waals surface area (Å²) in [5.41, 5.74) is 2.87. The number of hydrogen-bond acceptors (Lipinski definition) is 9. The second kappa shape index (κ2) is 21.3. The topological polar surface area (TPSA) is 183 Å². The minimum absolute atomic E-state index is 0.0962. The van der Waals surface area contributed by atoms with Gasteiger partial charge in [0, 0.05) is 56.8 Å². The zero-order valence-electron chi connectivity index (χ0n) is 34.4. The zero-order valence-corrected chi connectivity index (χ0v) is 34.4. The van der Waals surface area contributed by atoms with Crippen molar-refractivity contribution >= 4 is 28.9 Å². The van der Waals surface area contributed by atoms with Gasteiger partial charge in [-0.15, -0.1) is 0 Å². The van der Waals surface area contributed by atoms with E-state index in [0.29, 0.717) is 34.6 Å². The van der Waals surface area contributed by atoms with Crippen molar-refractivity contribution in [2.45, 2.75) is 70.1 Å². The zero-order chi connectivity index (χ0) is 46.0. The van der Waals surface area contributed by atoms with E-state index in [1.807, 2.05) is 29.2 Å². The number of likely N-dealkylation sites (tertiary alicyclic amines) is 1. The molecule has 2 atom stereocenters. The molecule has 4 N–H and O–H groups in total. The number of pyridine rings is 2. The average Bonchev–Trinajstić information content (AvgIpc) is 3.26. The number of aliphatic carboxylic acids is 2. The monoisotopic (exact) mass is 882 g/mol. The molecule has 2 aromatic heterocycles. The highest BCUT2D eigenvalue weighted by atomic mass is 19.4. The number of aliphatic hydroxyl groups is 2. The van der Waals surface area contributed by atoms with Crippen molar-refractivity contribution in [1.29, 1.82) is 0 Å². The summed E-state index contributed by atoms with van der Waals surface area (Å²) in [6, 6.07) is 21.2. The number of rotatable bonds is 15. The lowest BCUT2D eigenvalue weighted by Crippen LogP contribution is -2.48. The summed E-state index contributed by atoms with van der Waals surface area (Å²) < 4.78 is 75.0. The molecule has 5 aromatic rings. The molecule has 3 aromatic carbocycles. The molecular formula is C45H47F5N4O9. The summed E-state index contributed by atoms with van der Waals surface area (Å²) in [6.45, 7) is 4.88. The number of hydrogen-bond donors (Lipinski definition) is 4. The molecule has 18 heteroatoms. The Labute approximate surface area is 358 Å². The number of carboxylic acid groups (broad SMARTS) is 2. The Hall–Kier alpha value is -6.08. The van der Waals surface area contributed by atoms with E-state index in [0.717, 1.165) is 61.8 Å². The Kier molecular flexibility index (Phi) is 16.2. The van der Waals surface area contributed by atoms with Crippen molar-refractivity contribution < 1.29 is 61.5 Å². The van der Waals surface area contributed by atoms with Gasteiger partial charge in [0.2, 0.25) is 5.91 Å². The number of amides is 1. The van der Waals surface area contributed by atoms with Gasteiger partial charge in [-0.2, -0.15) is 13.2 Å². The number of piperidine rings is 1. The highest BCUT2D eigenvalue weighted by Gasteiger charge is 2.32. The van der Waals surface area contributed by atoms with Crippen LogP contribution in [0.4, 0.5) is 22.0 Å². The Morgan fingerprint density at radius 3 is 2.05 bits per heavy atom. The number of alkyl halides is 3. The molecule has 13 nitrogen and oxygen atoms in total. The molecule has 1 saturated heterocycles. The van der Waals surface area contributed by atoms with Crippen LogP contribution in [-0.4, -0.2) is 109 Å². The molecule has 1 amide bonds. The SMILES string of the molecule is COCCN1CCC(N(Cc2ccc(-c3ccc(C(F)(F)F)cc3)cc2)C(=O)Cn2c(CCc3cccc(F)c3F)cc(=O)c3ccc(C)nc32)CC1.O=C(O)C(O)C(O)C(=O)O. The fourth-order valence-corrected chi connectivity index (χ4v) is 7.22. The highest BCUT2D eigenvalue weighted by Crippen LogP contribution is 2.31. The van der Waals surface area contributed by atoms with Crippen LogP contribution < -0.4 is 5.43 Å². The molecule has 3 heterocycles. The minimum Gasteiger partial charge on any atom is -0.479 e. The lowest BCUT2D eigenvalue weighted by Gasteiger charge is -2.39. The highest BCUT2D eigenvalue weighted by molar-refractivity contribution is 5.83. The standard InChI is InChI=1S/C41H41F5N4O3.C4H6O6/c1-27-6-17-35-37(51)24-34(16-13-31-4-3-5-36(42)39(31)43)50(40(35)47-27)26-38(52)49(33-18-20-48(21-19-33)22-23-53-2)25-28-7-9-29(10-8-28)30-11-14-32(15-12-30)41(44,45)46;5-1(3(7)8)2(6)4(9)10/h3-12,14-15,17,24,33H,13,16,18-23,25-26H2,1-2H3;1-2,5-6H,(H,7,8)(H,9,10). The average molecular weight is 883 g/mol. The number of benzene rings is 3. The molecule has 0 spiro atoms. The van der Waals surface area contributed by atoms with Crippen LogP contribution >= 0.6 is 0 Å². The third kappa shape index (κ3) is 12.5. The number of halogens is 5. The number of nitrogens with zero attached hydrogens (tertiary/aromatic N) is 4. The molecular weight excluding hydrogens is 836 g/mol. The van der Waals surface area contributed by atoms with Gasteiger partial charge in [0.05, 0.1) is 17.6 Å². The number of fused-ring (bicyclic) bond motifs is 1. The van der Waals surface area contributed by atoms with Gasteiger partial charge < -0.3 is 39.5 Å². The second-order valence-corrected chi connectivity index (χ2v) is 15.0. The fraction of sp³-hybridized carbons (Fsp3) is 0.356. The molecule has 0 bridgehead atoms. The van der Waals surface area contributed by atoms with Crippen LogP contribution in [0.1, 0.15) is 40.9 Å². The molecule has 0 radical (unpaired) electrons. The predicted octanol–water partition coefficient (Wildman–Crippen LogP) is 5.47. The van der Waals surface area contributed by atoms with Gasteiger partial charge in [-0.05, 0) is 85.2 Å². The van der Waals surface area contributed by atoms with Crippen LogP contribution in [0.15, 0.2) is 89.7 Å². The lowest BCUT2D eigenvalue weighted by molar-refractivity contribution is -0.165. The van der Waals surface area contributed by atoms with Gasteiger partial charge >= 0.3 is 18.1 Å². The van der Waals surface area contributed by atoms with Crippen LogP contribution in [0.25, 0.3) is 22.2 Å². The Morgan fingerprint density at radius 2 is 1.48 bits per heavy atom. The first-order valence-electron chi connectivity index (χ1n) is 19.9. The van der Waals surface area contributed by atoms with Gasteiger partial charge in [0.1, 0.15) is 12.2 Å². The first kappa shape index (κ1) is 48.0. The molecule has 1 fully saturated rings. The molecule has 336 valence electrons. The third-order valence-corrected chi connectivity index (χ3v) is 10.7. The lowest BCUT2D eigenvalue weighted by atomic mass is 10.00. The van der Waals surface area contributed by atoms with Crippen LogP contribution in [0.2, 0.25) is 0 Å². The molecule has 0 saturated carbocycles. The number of aryl methyl sites for hydroxylation is 3. The van der Waals surface area contributed by atoms with Crippen molar-refractivity contribution in [3.05, 3.63) is 135 Å². The molecule has 6 rings (SSSR count). The number of carbonyl (C=O) groups is 3. The number of carbonyl (C=O) groups excluding carboxylic acids is 1. The van der Waals surface area contributed by atoms with E-state index in [1.54, 1.807) is 30.7 Å². The second-order valence-electron chi connectivity index (χ2n) is 15.0. The summed E-state index contributed by atoms with van der Waals surface area (Å²) >= 11 is 0. The van der Waals surface area contributed by atoms with Gasteiger partial charge in [-0.1, -0.05) is 48.5 Å². The summed E-state index contributed by atoms with van der Waals surface area (Å²) in [6.07, 6.45) is -7.23. The first-order chi connectivity index (χ1) is 29.9. The maximum absolute atomic E-state index is 14.6. The van der Waals surface area contributed by atoms with Crippen LogP contribution in [0.3, 0.4) is 0 Å². The first-order valence-corrected chi connectivity index (χ1v) is 19.9. The number of carboxylic acids is 2. The smallest absolute Gasteiger partial charge is 0.416 e. The maximum atomic E-state index is 14.6. The van der Waals surface area contributed by atoms with Crippen molar-refractivity contribution in [2.24, 2.45) is 0 Å². The van der Waals surface area contributed by atoms with E-state index in [2.05, 4.69) is 9.88 Å². The van der Waals surface area contributed by atoms with Crippen LogP contribution in [0.5, 0.6) is 0 Å². The van der Waals surface area contributed by atoms with Crippen LogP contribution in [-0.2, 0) is 51.2 Å². The van der Waals surface area contributed by atoms with E-state index in [-0.39, 0.29) is 48.9 Å². The summed E-state index contributed by atoms with van der Waals surface area (Å²) in [5.74, 6) is -5.63. The molecule has 1 aliphatic heterocycles. The third-order valence-electron chi connectivity index (χ3n) is 10.7. The Morgan fingerprint density at radius 1 is 0.873 bits per heavy atom. The summed E-state index contributed by atoms with van der Waals surface area (Å²) in [5, 5.41) is 32.9. The van der Waals surface area contributed by atoms with E-state index >= 15 is 0 Å². The van der Waals surface area contributed by atoms with E-state index in [4.69, 9.17) is 25.2 Å². The predicted molar refractivity (Wildman–Crippen MR) is 221 cm³/mol. The number of ether oxygens (including phenoxy) is 1. The molecule has 63 heavy (non-hydrogen) atoms. The Bertz CT molecular complexity index is 2420. The van der Waals surface area contributed by atoms with Crippen molar-refractivity contribution in [2.75, 3.05) is 33.4 Å².